The Morgan fingerprint density at radius 1 is 1.00 bits per heavy atom. The van der Waals surface area contributed by atoms with Crippen LogP contribution in [-0.2, 0) is 6.54 Å². The van der Waals surface area contributed by atoms with Gasteiger partial charge in [-0.3, -0.25) is 4.98 Å². The molecule has 2 atom stereocenters. The number of aromatic nitrogens is 2. The lowest BCUT2D eigenvalue weighted by atomic mass is 9.96. The van der Waals surface area contributed by atoms with Crippen molar-refractivity contribution in [1.29, 1.82) is 0 Å². The minimum Gasteiger partial charge on any atom is -0.467 e. The van der Waals surface area contributed by atoms with E-state index in [-0.39, 0.29) is 12.1 Å². The van der Waals surface area contributed by atoms with E-state index in [2.05, 4.69) is 77.8 Å². The number of furan rings is 1. The molecule has 5 nitrogen and oxygen atoms in total. The van der Waals surface area contributed by atoms with Crippen LogP contribution in [0.25, 0.3) is 5.69 Å². The molecule has 6 heteroatoms. The van der Waals surface area contributed by atoms with Gasteiger partial charge in [0.2, 0.25) is 0 Å². The normalized spacial score (nSPS) is 18.1. The molecule has 168 valence electrons. The molecule has 0 saturated carbocycles. The van der Waals surface area contributed by atoms with Crippen LogP contribution in [0.1, 0.15) is 51.6 Å². The molecule has 0 unspecified atom stereocenters. The Kier molecular flexibility index (Phi) is 5.54. The van der Waals surface area contributed by atoms with Crippen LogP contribution in [0.2, 0.25) is 0 Å². The second-order valence-electron chi connectivity index (χ2n) is 8.84. The number of nitrogens with zero attached hydrogens (tertiary/aromatic N) is 3. The molecule has 0 amide bonds. The zero-order valence-corrected chi connectivity index (χ0v) is 20.2. The molecule has 1 N–H and O–H groups in total. The summed E-state index contributed by atoms with van der Waals surface area (Å²) < 4.78 is 8.02. The Morgan fingerprint density at radius 2 is 1.79 bits per heavy atom. The van der Waals surface area contributed by atoms with E-state index >= 15 is 0 Å². The van der Waals surface area contributed by atoms with Gasteiger partial charge in [0.15, 0.2) is 5.11 Å². The number of benzene rings is 1. The van der Waals surface area contributed by atoms with E-state index in [1.54, 1.807) is 6.26 Å². The zero-order valence-electron chi connectivity index (χ0n) is 19.4. The molecule has 1 aromatic carbocycles. The SMILES string of the molecule is Cc1cc(C)cc(-n2c(C)cc([C@H]3[C@H](c4ccccn4)NC(=S)N3Cc3ccco3)c2C)c1. The fourth-order valence-corrected chi connectivity index (χ4v) is 5.35. The molecule has 4 aromatic rings. The molecule has 0 radical (unpaired) electrons. The van der Waals surface area contributed by atoms with Crippen molar-refractivity contribution in [2.24, 2.45) is 0 Å². The first-order valence-electron chi connectivity index (χ1n) is 11.2. The summed E-state index contributed by atoms with van der Waals surface area (Å²) in [5.74, 6) is 0.883. The lowest BCUT2D eigenvalue weighted by molar-refractivity contribution is 0.286. The molecular formula is C27H28N4OS. The zero-order chi connectivity index (χ0) is 23.1. The van der Waals surface area contributed by atoms with E-state index in [0.717, 1.165) is 11.5 Å². The molecule has 4 heterocycles. The maximum Gasteiger partial charge on any atom is 0.170 e. The highest BCUT2D eigenvalue weighted by Crippen LogP contribution is 2.42. The Hall–Kier alpha value is -3.38. The summed E-state index contributed by atoms with van der Waals surface area (Å²) in [4.78, 5) is 6.89. The number of aryl methyl sites for hydroxylation is 3. The van der Waals surface area contributed by atoms with Crippen molar-refractivity contribution in [2.45, 2.75) is 46.3 Å². The molecule has 33 heavy (non-hydrogen) atoms. The van der Waals surface area contributed by atoms with Crippen molar-refractivity contribution in [3.05, 3.63) is 107 Å². The fraction of sp³-hybridized carbons (Fsp3) is 0.259. The first kappa shape index (κ1) is 21.5. The van der Waals surface area contributed by atoms with E-state index in [1.165, 1.54) is 33.8 Å². The number of hydrogen-bond donors (Lipinski definition) is 1. The van der Waals surface area contributed by atoms with Crippen LogP contribution in [0.15, 0.2) is 71.5 Å². The van der Waals surface area contributed by atoms with Crippen molar-refractivity contribution in [3.8, 4) is 5.69 Å². The summed E-state index contributed by atoms with van der Waals surface area (Å²) >= 11 is 5.82. The van der Waals surface area contributed by atoms with Gasteiger partial charge in [-0.1, -0.05) is 12.1 Å². The smallest absolute Gasteiger partial charge is 0.170 e. The van der Waals surface area contributed by atoms with Crippen LogP contribution in [0.5, 0.6) is 0 Å². The third-order valence-electron chi connectivity index (χ3n) is 6.36. The Bertz CT molecular complexity index is 1270. The maximum absolute atomic E-state index is 5.82. The number of thiocarbonyl (C=S) groups is 1. The standard InChI is InChI=1S/C27H28N4OS/c1-17-12-18(2)14-21(13-17)31-19(3)15-23(20(31)4)26-25(24-9-5-6-10-28-24)29-27(33)30(26)16-22-8-7-11-32-22/h5-15,25-26H,16H2,1-4H3,(H,29,33)/t25-,26-/m0/s1. The lowest BCUT2D eigenvalue weighted by Gasteiger charge is -2.27. The van der Waals surface area contributed by atoms with Crippen molar-refractivity contribution >= 4 is 17.3 Å². The monoisotopic (exact) mass is 456 g/mol. The summed E-state index contributed by atoms with van der Waals surface area (Å²) in [5.41, 5.74) is 8.32. The van der Waals surface area contributed by atoms with Crippen LogP contribution >= 0.6 is 12.2 Å². The predicted molar refractivity (Wildman–Crippen MR) is 134 cm³/mol. The lowest BCUT2D eigenvalue weighted by Crippen LogP contribution is -2.29. The molecule has 0 aliphatic carbocycles. The Labute approximate surface area is 200 Å². The number of rotatable bonds is 5. The van der Waals surface area contributed by atoms with Crippen LogP contribution in [0.4, 0.5) is 0 Å². The number of hydrogen-bond acceptors (Lipinski definition) is 3. The molecule has 0 spiro atoms. The average Bonchev–Trinajstić information content (AvgIpc) is 3.47. The number of pyridine rings is 1. The number of nitrogens with one attached hydrogen (secondary N) is 1. The van der Waals surface area contributed by atoms with Gasteiger partial charge >= 0.3 is 0 Å². The second kappa shape index (κ2) is 8.52. The van der Waals surface area contributed by atoms with Crippen molar-refractivity contribution in [3.63, 3.8) is 0 Å². The summed E-state index contributed by atoms with van der Waals surface area (Å²) in [6.07, 6.45) is 3.55. The third-order valence-corrected chi connectivity index (χ3v) is 6.71. The molecule has 1 aliphatic heterocycles. The average molecular weight is 457 g/mol. The topological polar surface area (TPSA) is 46.2 Å². The Balaban J connectivity index is 1.63. The van der Waals surface area contributed by atoms with E-state index < -0.39 is 0 Å². The molecule has 0 bridgehead atoms. The minimum absolute atomic E-state index is 0.0108. The summed E-state index contributed by atoms with van der Waals surface area (Å²) in [7, 11) is 0. The van der Waals surface area contributed by atoms with E-state index in [4.69, 9.17) is 16.6 Å². The van der Waals surface area contributed by atoms with Gasteiger partial charge in [-0.05, 0) is 99.1 Å². The van der Waals surface area contributed by atoms with Crippen molar-refractivity contribution < 1.29 is 4.42 Å². The van der Waals surface area contributed by atoms with Gasteiger partial charge in [0.05, 0.1) is 30.6 Å². The molecule has 1 aliphatic rings. The molecule has 1 fully saturated rings. The van der Waals surface area contributed by atoms with E-state index in [0.29, 0.717) is 11.7 Å². The highest BCUT2D eigenvalue weighted by molar-refractivity contribution is 7.80. The van der Waals surface area contributed by atoms with Crippen LogP contribution in [0, 0.1) is 27.7 Å². The van der Waals surface area contributed by atoms with E-state index in [1.807, 2.05) is 30.5 Å². The van der Waals surface area contributed by atoms with Crippen LogP contribution in [0.3, 0.4) is 0 Å². The van der Waals surface area contributed by atoms with Gasteiger partial charge in [0.1, 0.15) is 5.76 Å². The van der Waals surface area contributed by atoms with Gasteiger partial charge in [0.25, 0.3) is 0 Å². The minimum atomic E-state index is -0.0538. The second-order valence-corrected chi connectivity index (χ2v) is 9.23. The highest BCUT2D eigenvalue weighted by atomic mass is 32.1. The highest BCUT2D eigenvalue weighted by Gasteiger charge is 2.41. The van der Waals surface area contributed by atoms with Gasteiger partial charge in [0, 0.05) is 23.3 Å². The first-order valence-corrected chi connectivity index (χ1v) is 11.6. The van der Waals surface area contributed by atoms with Crippen LogP contribution < -0.4 is 5.32 Å². The maximum atomic E-state index is 5.82. The molecule has 5 rings (SSSR count). The largest absolute Gasteiger partial charge is 0.467 e. The van der Waals surface area contributed by atoms with Crippen molar-refractivity contribution in [2.75, 3.05) is 0 Å². The summed E-state index contributed by atoms with van der Waals surface area (Å²) in [6.45, 7) is 9.25. The first-order chi connectivity index (χ1) is 15.9. The Morgan fingerprint density at radius 3 is 2.45 bits per heavy atom. The molecule has 1 saturated heterocycles. The predicted octanol–water partition coefficient (Wildman–Crippen LogP) is 5.87. The van der Waals surface area contributed by atoms with Crippen molar-refractivity contribution in [1.82, 2.24) is 19.8 Å². The van der Waals surface area contributed by atoms with Gasteiger partial charge in [-0.25, -0.2) is 0 Å². The third kappa shape index (κ3) is 3.95. The fourth-order valence-electron chi connectivity index (χ4n) is 5.05. The van der Waals surface area contributed by atoms with Gasteiger partial charge in [-0.2, -0.15) is 0 Å². The van der Waals surface area contributed by atoms with E-state index in [9.17, 15) is 0 Å². The summed E-state index contributed by atoms with van der Waals surface area (Å²) in [5, 5.41) is 4.25. The quantitative estimate of drug-likeness (QED) is 0.381. The molecule has 3 aromatic heterocycles. The van der Waals surface area contributed by atoms with Gasteiger partial charge < -0.3 is 19.2 Å². The van der Waals surface area contributed by atoms with Gasteiger partial charge in [-0.15, -0.1) is 0 Å². The molecular weight excluding hydrogens is 428 g/mol. The van der Waals surface area contributed by atoms with Crippen LogP contribution in [-0.4, -0.2) is 19.6 Å². The summed E-state index contributed by atoms with van der Waals surface area (Å²) in [6, 6.07) is 18.9.